The molecule has 0 fully saturated rings. The molecule has 0 aliphatic heterocycles. The van der Waals surface area contributed by atoms with Crippen LogP contribution < -0.4 is 15.8 Å². The molecular formula is C30H34FN5O9. The molecule has 0 radical (unpaired) electrons. The van der Waals surface area contributed by atoms with Gasteiger partial charge < -0.3 is 35.4 Å². The van der Waals surface area contributed by atoms with Crippen molar-refractivity contribution in [3.05, 3.63) is 69.0 Å². The number of fused-ring (bicyclic) bond motifs is 1. The maximum Gasteiger partial charge on any atom is 0.326 e. The van der Waals surface area contributed by atoms with E-state index in [0.717, 1.165) is 29.1 Å². The summed E-state index contributed by atoms with van der Waals surface area (Å²) in [6, 6.07) is 4.26. The zero-order chi connectivity index (χ0) is 33.6. The monoisotopic (exact) mass is 627 g/mol. The van der Waals surface area contributed by atoms with Crippen LogP contribution in [-0.2, 0) is 25.7 Å². The molecule has 0 spiro atoms. The van der Waals surface area contributed by atoms with Crippen molar-refractivity contribution in [2.75, 3.05) is 19.0 Å². The van der Waals surface area contributed by atoms with Gasteiger partial charge >= 0.3 is 17.9 Å². The van der Waals surface area contributed by atoms with Crippen LogP contribution in [0.4, 0.5) is 10.1 Å². The lowest BCUT2D eigenvalue weighted by Gasteiger charge is -2.25. The quantitative estimate of drug-likeness (QED) is 0.175. The number of hydrogen-bond acceptors (Lipinski definition) is 8. The highest BCUT2D eigenvalue weighted by Gasteiger charge is 2.29. The number of rotatable bonds is 14. The first-order chi connectivity index (χ1) is 21.1. The molecule has 3 rings (SSSR count). The summed E-state index contributed by atoms with van der Waals surface area (Å²) in [6.07, 6.45) is -1.76. The first-order valence-electron chi connectivity index (χ1n) is 13.8. The van der Waals surface area contributed by atoms with Crippen LogP contribution in [-0.4, -0.2) is 86.1 Å². The number of carboxylic acids is 3. The molecule has 2 aromatic carbocycles. The predicted molar refractivity (Wildman–Crippen MR) is 160 cm³/mol. The van der Waals surface area contributed by atoms with E-state index in [2.05, 4.69) is 15.3 Å². The largest absolute Gasteiger partial charge is 0.481 e. The molecule has 0 saturated carbocycles. The molecule has 240 valence electrons. The first kappa shape index (κ1) is 34.2. The van der Waals surface area contributed by atoms with Crippen molar-refractivity contribution in [2.45, 2.75) is 58.2 Å². The number of benzene rings is 2. The van der Waals surface area contributed by atoms with E-state index in [-0.39, 0.29) is 12.0 Å². The Labute approximate surface area is 256 Å². The summed E-state index contributed by atoms with van der Waals surface area (Å²) in [5.74, 6) is -6.40. The Balaban J connectivity index is 1.68. The topological polar surface area (TPSA) is 210 Å². The van der Waals surface area contributed by atoms with E-state index in [4.69, 9.17) is 5.11 Å². The maximum atomic E-state index is 15.1. The number of aromatic amines is 1. The summed E-state index contributed by atoms with van der Waals surface area (Å²) in [7, 11) is 2.85. The average Bonchev–Trinajstić information content (AvgIpc) is 2.94. The van der Waals surface area contributed by atoms with Crippen LogP contribution >= 0.6 is 0 Å². The molecule has 0 saturated heterocycles. The van der Waals surface area contributed by atoms with Crippen LogP contribution in [0.2, 0.25) is 0 Å². The molecule has 0 bridgehead atoms. The van der Waals surface area contributed by atoms with Gasteiger partial charge in [-0.3, -0.25) is 19.2 Å². The number of carbonyl (C=O) groups is 5. The van der Waals surface area contributed by atoms with Gasteiger partial charge in [0.2, 0.25) is 5.91 Å². The smallest absolute Gasteiger partial charge is 0.326 e. The van der Waals surface area contributed by atoms with Crippen molar-refractivity contribution in [3.8, 4) is 0 Å². The number of aliphatic carboxylic acids is 3. The van der Waals surface area contributed by atoms with Gasteiger partial charge in [0.25, 0.3) is 11.5 Å². The molecule has 14 nitrogen and oxygen atoms in total. The minimum absolute atomic E-state index is 0.279. The molecule has 45 heavy (non-hydrogen) atoms. The fraction of sp³-hybridized carbons (Fsp3) is 0.367. The Hall–Kier alpha value is -5.34. The maximum absolute atomic E-state index is 15.1. The van der Waals surface area contributed by atoms with Crippen LogP contribution in [0, 0.1) is 19.7 Å². The van der Waals surface area contributed by atoms with E-state index < -0.39 is 72.4 Å². The number of H-pyrrole nitrogens is 1. The lowest BCUT2D eigenvalue weighted by atomic mass is 10.0. The Morgan fingerprint density at radius 3 is 2.27 bits per heavy atom. The van der Waals surface area contributed by atoms with Gasteiger partial charge in [-0.25, -0.2) is 19.0 Å². The number of nitrogens with one attached hydrogen (secondary N) is 2. The lowest BCUT2D eigenvalue weighted by Crippen LogP contribution is -2.45. The third-order valence-electron chi connectivity index (χ3n) is 7.35. The number of aryl methyl sites for hydroxylation is 2. The zero-order valence-corrected chi connectivity index (χ0v) is 25.1. The molecule has 1 aromatic heterocycles. The van der Waals surface area contributed by atoms with Crippen molar-refractivity contribution in [3.63, 3.8) is 0 Å². The van der Waals surface area contributed by atoms with Gasteiger partial charge in [0.1, 0.15) is 23.7 Å². The molecule has 0 unspecified atom stereocenters. The van der Waals surface area contributed by atoms with Crippen LogP contribution in [0.3, 0.4) is 0 Å². The predicted octanol–water partition coefficient (Wildman–Crippen LogP) is 2.06. The highest BCUT2D eigenvalue weighted by atomic mass is 19.1. The molecule has 1 heterocycles. The highest BCUT2D eigenvalue weighted by Crippen LogP contribution is 2.23. The molecular weight excluding hydrogens is 593 g/mol. The van der Waals surface area contributed by atoms with Crippen LogP contribution in [0.15, 0.2) is 35.1 Å². The Kier molecular flexibility index (Phi) is 10.9. The van der Waals surface area contributed by atoms with Gasteiger partial charge in [-0.2, -0.15) is 0 Å². The lowest BCUT2D eigenvalue weighted by molar-refractivity contribution is -0.150. The summed E-state index contributed by atoms with van der Waals surface area (Å²) >= 11 is 0. The van der Waals surface area contributed by atoms with E-state index in [0.29, 0.717) is 29.0 Å². The summed E-state index contributed by atoms with van der Waals surface area (Å²) in [5, 5.41) is 30.3. The van der Waals surface area contributed by atoms with Crippen molar-refractivity contribution in [2.24, 2.45) is 0 Å². The number of carbonyl (C=O) groups excluding carboxylic acids is 2. The molecule has 5 N–H and O–H groups in total. The summed E-state index contributed by atoms with van der Waals surface area (Å²) in [6.45, 7) is 3.84. The second-order valence-electron chi connectivity index (χ2n) is 10.7. The van der Waals surface area contributed by atoms with E-state index in [9.17, 15) is 39.0 Å². The third-order valence-corrected chi connectivity index (χ3v) is 7.35. The van der Waals surface area contributed by atoms with Gasteiger partial charge in [-0.05, 0) is 68.1 Å². The standard InChI is InChI=1S/C30H34FN5O9/c1-15-11-23-20(28(41)33-16(2)32-23)12-17(15)14-35(3)18-5-6-19(21(31)13-18)27(40)34-22(29(42)43)7-9-25(37)36(4)24(30(44)45)8-10-26(38)39/h5-6,11-13,22,24H,7-10,14H2,1-4H3,(H,34,40)(H,38,39)(H,42,43)(H,44,45)(H,32,33,41)/t22-,24-/m0/s1. The Morgan fingerprint density at radius 2 is 1.67 bits per heavy atom. The number of nitrogens with zero attached hydrogens (tertiary/aromatic N) is 3. The van der Waals surface area contributed by atoms with Gasteiger partial charge in [0.05, 0.1) is 16.5 Å². The number of aromatic nitrogens is 2. The van der Waals surface area contributed by atoms with Gasteiger partial charge in [-0.15, -0.1) is 0 Å². The first-order valence-corrected chi connectivity index (χ1v) is 13.8. The van der Waals surface area contributed by atoms with Crippen LogP contribution in [0.5, 0.6) is 0 Å². The fourth-order valence-electron chi connectivity index (χ4n) is 4.75. The number of likely N-dealkylation sites (N-methyl/N-ethyl adjacent to an activating group) is 1. The van der Waals surface area contributed by atoms with Crippen molar-refractivity contribution in [1.82, 2.24) is 20.2 Å². The summed E-state index contributed by atoms with van der Waals surface area (Å²) in [4.78, 5) is 81.4. The normalized spacial score (nSPS) is 12.3. The van der Waals surface area contributed by atoms with Gasteiger partial charge in [-0.1, -0.05) is 0 Å². The molecule has 0 aliphatic carbocycles. The van der Waals surface area contributed by atoms with Crippen molar-refractivity contribution in [1.29, 1.82) is 0 Å². The minimum atomic E-state index is -1.60. The fourth-order valence-corrected chi connectivity index (χ4v) is 4.75. The number of halogens is 1. The number of hydrogen-bond donors (Lipinski definition) is 5. The minimum Gasteiger partial charge on any atom is -0.481 e. The van der Waals surface area contributed by atoms with E-state index in [1.807, 2.05) is 6.92 Å². The second-order valence-corrected chi connectivity index (χ2v) is 10.7. The SMILES string of the molecule is Cc1nc2cc(C)c(CN(C)c3ccc(C(=O)N[C@@H](CCC(=O)N(C)[C@@H](CCC(=O)O)C(=O)O)C(=O)O)c(F)c3)cc2c(=O)[nH]1. The van der Waals surface area contributed by atoms with Crippen LogP contribution in [0.25, 0.3) is 10.9 Å². The van der Waals surface area contributed by atoms with E-state index in [1.54, 1.807) is 31.0 Å². The summed E-state index contributed by atoms with van der Waals surface area (Å²) in [5.41, 5.74) is 1.91. The number of carboxylic acid groups (broad SMARTS) is 3. The van der Waals surface area contributed by atoms with Gasteiger partial charge in [0, 0.05) is 39.2 Å². The molecule has 2 atom stereocenters. The highest BCUT2D eigenvalue weighted by molar-refractivity contribution is 5.97. The third kappa shape index (κ3) is 8.61. The molecule has 0 aliphatic rings. The van der Waals surface area contributed by atoms with Crippen LogP contribution in [0.1, 0.15) is 53.0 Å². The Bertz CT molecular complexity index is 1710. The summed E-state index contributed by atoms with van der Waals surface area (Å²) < 4.78 is 15.1. The van der Waals surface area contributed by atoms with Crippen molar-refractivity contribution >= 4 is 46.3 Å². The number of anilines is 1. The van der Waals surface area contributed by atoms with E-state index >= 15 is 4.39 Å². The Morgan fingerprint density at radius 1 is 0.978 bits per heavy atom. The average molecular weight is 628 g/mol. The van der Waals surface area contributed by atoms with E-state index in [1.165, 1.54) is 12.1 Å². The number of amides is 2. The van der Waals surface area contributed by atoms with Gasteiger partial charge in [0.15, 0.2) is 0 Å². The molecule has 3 aromatic rings. The molecule has 15 heteroatoms. The second kappa shape index (κ2) is 14.4. The van der Waals surface area contributed by atoms with Crippen molar-refractivity contribution < 1.29 is 43.7 Å². The zero-order valence-electron chi connectivity index (χ0n) is 25.1. The molecule has 2 amide bonds.